The second-order valence-electron chi connectivity index (χ2n) is 9.54. The summed E-state index contributed by atoms with van der Waals surface area (Å²) in [5.41, 5.74) is 5.54. The Morgan fingerprint density at radius 2 is 2.06 bits per heavy atom. The molecule has 176 valence electrons. The second-order valence-corrected chi connectivity index (χ2v) is 10.5. The molecule has 1 atom stereocenters. The third-order valence-electron chi connectivity index (χ3n) is 6.60. The van der Waals surface area contributed by atoms with Crippen molar-refractivity contribution in [2.45, 2.75) is 57.7 Å². The number of ketones is 1. The second kappa shape index (κ2) is 9.00. The van der Waals surface area contributed by atoms with Gasteiger partial charge in [0.2, 0.25) is 0 Å². The molecule has 0 amide bonds. The number of nitrogens with zero attached hydrogens (tertiary/aromatic N) is 4. The molecule has 0 aliphatic carbocycles. The van der Waals surface area contributed by atoms with Crippen LogP contribution in [-0.4, -0.2) is 43.7 Å². The van der Waals surface area contributed by atoms with Crippen LogP contribution in [0.15, 0.2) is 47.0 Å². The van der Waals surface area contributed by atoms with Gasteiger partial charge in [-0.15, -0.1) is 11.3 Å². The zero-order valence-corrected chi connectivity index (χ0v) is 20.1. The van der Waals surface area contributed by atoms with Gasteiger partial charge < -0.3 is 10.0 Å². The average Bonchev–Trinajstić information content (AvgIpc) is 3.43. The van der Waals surface area contributed by atoms with Gasteiger partial charge in [-0.25, -0.2) is 9.37 Å². The van der Waals surface area contributed by atoms with Crippen LogP contribution in [0.3, 0.4) is 0 Å². The largest absolute Gasteiger partial charge is 0.390 e. The van der Waals surface area contributed by atoms with E-state index < -0.39 is 11.5 Å². The summed E-state index contributed by atoms with van der Waals surface area (Å²) in [6.45, 7) is 5.65. The van der Waals surface area contributed by atoms with E-state index in [9.17, 15) is 14.3 Å². The monoisotopic (exact) mass is 478 g/mol. The fraction of sp³-hybridized carbons (Fsp3) is 0.385. The lowest BCUT2D eigenvalue weighted by atomic mass is 9.80. The summed E-state index contributed by atoms with van der Waals surface area (Å²) >= 11 is 1.69. The quantitative estimate of drug-likeness (QED) is 0.578. The minimum absolute atomic E-state index is 0.0169. The molecule has 0 radical (unpaired) electrons. The Bertz CT molecular complexity index is 1250. The number of rotatable bonds is 6. The molecule has 5 rings (SSSR count). The number of pyridine rings is 1. The van der Waals surface area contributed by atoms with E-state index in [1.807, 2.05) is 17.8 Å². The number of benzene rings is 1. The van der Waals surface area contributed by atoms with E-state index in [-0.39, 0.29) is 24.4 Å². The number of thiazole rings is 1. The molecule has 2 aliphatic rings. The molecule has 0 saturated carbocycles. The third kappa shape index (κ3) is 4.65. The summed E-state index contributed by atoms with van der Waals surface area (Å²) in [5.74, 6) is 0.181. The molecule has 2 aromatic heterocycles. The average molecular weight is 479 g/mol. The number of halogens is 1. The van der Waals surface area contributed by atoms with E-state index in [1.165, 1.54) is 22.7 Å². The van der Waals surface area contributed by atoms with Gasteiger partial charge >= 0.3 is 0 Å². The first-order valence-electron chi connectivity index (χ1n) is 11.5. The van der Waals surface area contributed by atoms with E-state index in [1.54, 1.807) is 37.3 Å². The number of amidine groups is 1. The highest BCUT2D eigenvalue weighted by molar-refractivity contribution is 7.09. The molecule has 8 heteroatoms. The molecule has 4 heterocycles. The summed E-state index contributed by atoms with van der Waals surface area (Å²) in [6.07, 6.45) is 3.09. The number of carbonyl (C=O) groups is 1. The van der Waals surface area contributed by atoms with Crippen molar-refractivity contribution in [3.8, 4) is 0 Å². The predicted octanol–water partition coefficient (Wildman–Crippen LogP) is 4.05. The maximum Gasteiger partial charge on any atom is 0.139 e. The summed E-state index contributed by atoms with van der Waals surface area (Å²) in [4.78, 5) is 30.3. The smallest absolute Gasteiger partial charge is 0.139 e. The lowest BCUT2D eigenvalue weighted by Gasteiger charge is -2.29. The van der Waals surface area contributed by atoms with Crippen molar-refractivity contribution < 1.29 is 14.3 Å². The number of aliphatic imine (C=N–C) groups is 1. The van der Waals surface area contributed by atoms with Crippen LogP contribution < -0.4 is 0 Å². The fourth-order valence-corrected chi connectivity index (χ4v) is 5.59. The van der Waals surface area contributed by atoms with Crippen molar-refractivity contribution in [2.24, 2.45) is 4.99 Å². The predicted molar refractivity (Wildman–Crippen MR) is 129 cm³/mol. The Kier molecular flexibility index (Phi) is 6.04. The van der Waals surface area contributed by atoms with Gasteiger partial charge in [0, 0.05) is 54.1 Å². The normalized spacial score (nSPS) is 16.1. The number of hydrogen-bond acceptors (Lipinski definition) is 7. The summed E-state index contributed by atoms with van der Waals surface area (Å²) < 4.78 is 13.4. The van der Waals surface area contributed by atoms with Crippen LogP contribution in [0.2, 0.25) is 0 Å². The molecule has 0 unspecified atom stereocenters. The molecule has 0 bridgehead atoms. The highest BCUT2D eigenvalue weighted by Crippen LogP contribution is 2.32. The Balaban J connectivity index is 1.27. The van der Waals surface area contributed by atoms with Crippen molar-refractivity contribution in [1.82, 2.24) is 14.9 Å². The number of aliphatic hydroxyl groups is 1. The SMILES string of the molecule is CC(C)(O)[C@@H](CC(=O)Cc1cc2c(cn1)C(N1CCc3ncsc3C1)=NC2)c1ccc(F)cc1. The van der Waals surface area contributed by atoms with Gasteiger partial charge in [0.05, 0.1) is 29.9 Å². The fourth-order valence-electron chi connectivity index (χ4n) is 4.76. The van der Waals surface area contributed by atoms with Crippen LogP contribution in [0.4, 0.5) is 4.39 Å². The Morgan fingerprint density at radius 1 is 1.26 bits per heavy atom. The first-order chi connectivity index (χ1) is 16.3. The van der Waals surface area contributed by atoms with Crippen molar-refractivity contribution in [1.29, 1.82) is 0 Å². The highest BCUT2D eigenvalue weighted by Gasteiger charge is 2.31. The van der Waals surface area contributed by atoms with Gasteiger partial charge in [-0.3, -0.25) is 14.8 Å². The molecule has 0 saturated heterocycles. The van der Waals surface area contributed by atoms with Crippen LogP contribution in [0.1, 0.15) is 59.1 Å². The van der Waals surface area contributed by atoms with Crippen molar-refractivity contribution in [3.05, 3.63) is 80.8 Å². The van der Waals surface area contributed by atoms with Gasteiger partial charge in [0.1, 0.15) is 17.4 Å². The maximum absolute atomic E-state index is 13.4. The molecule has 0 spiro atoms. The molecule has 1 N–H and O–H groups in total. The lowest BCUT2D eigenvalue weighted by Crippen LogP contribution is -2.35. The topological polar surface area (TPSA) is 78.7 Å². The molecule has 34 heavy (non-hydrogen) atoms. The van der Waals surface area contributed by atoms with E-state index in [4.69, 9.17) is 4.99 Å². The van der Waals surface area contributed by atoms with Crippen LogP contribution in [0, 0.1) is 5.82 Å². The van der Waals surface area contributed by atoms with E-state index in [2.05, 4.69) is 14.9 Å². The molecule has 0 fully saturated rings. The Labute approximate surface area is 202 Å². The van der Waals surface area contributed by atoms with Crippen molar-refractivity contribution in [2.75, 3.05) is 6.54 Å². The minimum atomic E-state index is -1.12. The molecule has 2 aliphatic heterocycles. The molecule has 3 aromatic rings. The zero-order chi connectivity index (χ0) is 23.9. The molecular formula is C26H27FN4O2S. The maximum atomic E-state index is 13.4. The Hall–Kier alpha value is -2.97. The van der Waals surface area contributed by atoms with E-state index in [0.29, 0.717) is 12.2 Å². The Morgan fingerprint density at radius 3 is 2.82 bits per heavy atom. The third-order valence-corrected chi connectivity index (χ3v) is 7.46. The lowest BCUT2D eigenvalue weighted by molar-refractivity contribution is -0.120. The first-order valence-corrected chi connectivity index (χ1v) is 12.3. The van der Waals surface area contributed by atoms with Gasteiger partial charge in [0.25, 0.3) is 0 Å². The molecular weight excluding hydrogens is 451 g/mol. The van der Waals surface area contributed by atoms with Gasteiger partial charge in [-0.1, -0.05) is 12.1 Å². The van der Waals surface area contributed by atoms with Crippen LogP contribution in [-0.2, 0) is 30.7 Å². The minimum Gasteiger partial charge on any atom is -0.390 e. The summed E-state index contributed by atoms with van der Waals surface area (Å²) in [5, 5.41) is 10.7. The summed E-state index contributed by atoms with van der Waals surface area (Å²) in [6, 6.07) is 7.95. The number of carbonyl (C=O) groups excluding carboxylic acids is 1. The van der Waals surface area contributed by atoms with Crippen molar-refractivity contribution in [3.63, 3.8) is 0 Å². The number of fused-ring (bicyclic) bond motifs is 2. The molecule has 1 aromatic carbocycles. The number of Topliss-reactive ketones (excluding diaryl/α,β-unsaturated/α-hetero) is 1. The van der Waals surface area contributed by atoms with Gasteiger partial charge in [0.15, 0.2) is 0 Å². The van der Waals surface area contributed by atoms with Crippen LogP contribution in [0.5, 0.6) is 0 Å². The van der Waals surface area contributed by atoms with Crippen molar-refractivity contribution >= 4 is 23.0 Å². The number of aromatic nitrogens is 2. The van der Waals surface area contributed by atoms with Gasteiger partial charge in [-0.2, -0.15) is 0 Å². The van der Waals surface area contributed by atoms with E-state index in [0.717, 1.165) is 42.0 Å². The van der Waals surface area contributed by atoms with Gasteiger partial charge in [-0.05, 0) is 43.2 Å². The van der Waals surface area contributed by atoms with E-state index >= 15 is 0 Å². The molecule has 6 nitrogen and oxygen atoms in total. The number of hydrogen-bond donors (Lipinski definition) is 1. The standard InChI is InChI=1S/C26H27FN4O2S/c1-26(2,33)22(16-3-5-18(27)6-4-16)11-20(32)10-19-9-17-12-29-25(21(17)13-28-19)31-8-7-23-24(14-31)34-15-30-23/h3-6,9,13,15,22,33H,7-8,10-12,14H2,1-2H3/t22-/m0/s1. The van der Waals surface area contributed by atoms with Crippen LogP contribution in [0.25, 0.3) is 0 Å². The summed E-state index contributed by atoms with van der Waals surface area (Å²) in [7, 11) is 0. The zero-order valence-electron chi connectivity index (χ0n) is 19.3. The van der Waals surface area contributed by atoms with Crippen LogP contribution >= 0.6 is 11.3 Å². The highest BCUT2D eigenvalue weighted by atomic mass is 32.1. The first kappa shape index (κ1) is 22.8.